The van der Waals surface area contributed by atoms with Crippen LogP contribution in [0.15, 0.2) is 18.2 Å². The molecule has 2 aromatic heterocycles. The van der Waals surface area contributed by atoms with Gasteiger partial charge < -0.3 is 9.47 Å². The maximum absolute atomic E-state index is 12.9. The number of rotatable bonds is 2. The Balaban J connectivity index is 1.87. The van der Waals surface area contributed by atoms with Gasteiger partial charge >= 0.3 is 5.97 Å². The van der Waals surface area contributed by atoms with Crippen molar-refractivity contribution in [2.45, 2.75) is 72.2 Å². The normalized spacial score (nSPS) is 20.4. The minimum Gasteiger partial charge on any atom is -0.431 e. The second kappa shape index (κ2) is 6.89. The highest BCUT2D eigenvalue weighted by molar-refractivity contribution is 7.19. The van der Waals surface area contributed by atoms with E-state index in [1.165, 1.54) is 39.8 Å². The second-order valence-electron chi connectivity index (χ2n) is 9.01. The first-order valence-electron chi connectivity index (χ1n) is 10.7. The molecule has 1 aromatic carbocycles. The Kier molecular flexibility index (Phi) is 4.53. The fourth-order valence-corrected chi connectivity index (χ4v) is 6.26. The number of fused-ring (bicyclic) bond motifs is 3. The zero-order valence-corrected chi connectivity index (χ0v) is 19.0. The summed E-state index contributed by atoms with van der Waals surface area (Å²) in [6, 6.07) is 6.53. The molecule has 3 heterocycles. The van der Waals surface area contributed by atoms with Gasteiger partial charge in [0.05, 0.1) is 0 Å². The van der Waals surface area contributed by atoms with Gasteiger partial charge in [-0.3, -0.25) is 0 Å². The van der Waals surface area contributed by atoms with Gasteiger partial charge in [0.2, 0.25) is 5.79 Å². The van der Waals surface area contributed by atoms with E-state index in [4.69, 9.17) is 14.5 Å². The lowest BCUT2D eigenvalue weighted by Crippen LogP contribution is -2.20. The summed E-state index contributed by atoms with van der Waals surface area (Å²) in [6.07, 6.45) is 3.86. The van der Waals surface area contributed by atoms with Gasteiger partial charge in [0.1, 0.15) is 4.83 Å². The van der Waals surface area contributed by atoms with Crippen LogP contribution >= 0.6 is 11.3 Å². The molecule has 3 aromatic rings. The zero-order chi connectivity index (χ0) is 21.2. The Bertz CT molecular complexity index is 1190. The van der Waals surface area contributed by atoms with Crippen LogP contribution in [0, 0.1) is 20.8 Å². The molecule has 1 atom stereocenters. The fraction of sp³-hybridized carbons (Fsp3) is 0.440. The maximum Gasteiger partial charge on any atom is 0.342 e. The molecule has 2 aliphatic rings. The highest BCUT2D eigenvalue weighted by atomic mass is 32.1. The molecular weight excluding hydrogens is 394 g/mol. The summed E-state index contributed by atoms with van der Waals surface area (Å²) in [4.78, 5) is 20.3. The predicted octanol–water partition coefficient (Wildman–Crippen LogP) is 6.12. The molecule has 0 radical (unpaired) electrons. The highest BCUT2D eigenvalue weighted by Crippen LogP contribution is 2.48. The van der Waals surface area contributed by atoms with Gasteiger partial charge in [-0.25, -0.2) is 9.78 Å². The smallest absolute Gasteiger partial charge is 0.342 e. The first kappa shape index (κ1) is 19.7. The molecule has 1 unspecified atom stereocenters. The second-order valence-corrected chi connectivity index (χ2v) is 10.1. The molecule has 0 spiro atoms. The Labute approximate surface area is 181 Å². The van der Waals surface area contributed by atoms with E-state index in [-0.39, 0.29) is 5.97 Å². The number of pyridine rings is 1. The van der Waals surface area contributed by atoms with E-state index in [1.807, 2.05) is 18.3 Å². The largest absolute Gasteiger partial charge is 0.431 e. The van der Waals surface area contributed by atoms with E-state index < -0.39 is 11.9 Å². The molecule has 0 amide bonds. The van der Waals surface area contributed by atoms with E-state index in [0.29, 0.717) is 0 Å². The Morgan fingerprint density at radius 1 is 1.13 bits per heavy atom. The van der Waals surface area contributed by atoms with Gasteiger partial charge in [0.25, 0.3) is 0 Å². The van der Waals surface area contributed by atoms with E-state index >= 15 is 0 Å². The third-order valence-electron chi connectivity index (χ3n) is 6.21. The lowest BCUT2D eigenvalue weighted by Gasteiger charge is -2.21. The number of carbonyl (C=O) groups is 1. The number of ether oxygens (including phenoxy) is 2. The van der Waals surface area contributed by atoms with Crippen molar-refractivity contribution in [2.75, 3.05) is 0 Å². The summed E-state index contributed by atoms with van der Waals surface area (Å²) in [7, 11) is 0. The van der Waals surface area contributed by atoms with Crippen LogP contribution in [0.2, 0.25) is 0 Å². The first-order chi connectivity index (χ1) is 14.2. The number of aromatic nitrogens is 1. The molecule has 4 nitrogen and oxygen atoms in total. The van der Waals surface area contributed by atoms with Crippen molar-refractivity contribution >= 4 is 27.5 Å². The van der Waals surface area contributed by atoms with Crippen LogP contribution in [-0.4, -0.2) is 16.7 Å². The van der Waals surface area contributed by atoms with Crippen LogP contribution in [0.25, 0.3) is 21.3 Å². The van der Waals surface area contributed by atoms with Crippen molar-refractivity contribution in [2.24, 2.45) is 0 Å². The number of aryl methyl sites for hydroxylation is 5. The Morgan fingerprint density at radius 2 is 1.90 bits per heavy atom. The van der Waals surface area contributed by atoms with Crippen LogP contribution in [0.4, 0.5) is 0 Å². The van der Waals surface area contributed by atoms with Crippen molar-refractivity contribution in [3.8, 4) is 11.1 Å². The minimum absolute atomic E-state index is 0.334. The van der Waals surface area contributed by atoms with Gasteiger partial charge in [-0.05, 0) is 63.1 Å². The van der Waals surface area contributed by atoms with E-state index in [1.54, 1.807) is 13.8 Å². The molecule has 1 saturated heterocycles. The van der Waals surface area contributed by atoms with Gasteiger partial charge in [-0.2, -0.15) is 0 Å². The number of esters is 1. The van der Waals surface area contributed by atoms with Crippen LogP contribution in [0.5, 0.6) is 0 Å². The molecule has 0 N–H and O–H groups in total. The number of thiophene rings is 1. The van der Waals surface area contributed by atoms with Crippen LogP contribution in [0.1, 0.15) is 65.6 Å². The lowest BCUT2D eigenvalue weighted by atomic mass is 9.86. The summed E-state index contributed by atoms with van der Waals surface area (Å²) in [5, 5.41) is 1.21. The molecular formula is C25H27NO3S. The molecule has 1 aliphatic carbocycles. The zero-order valence-electron chi connectivity index (χ0n) is 18.2. The molecule has 5 rings (SSSR count). The van der Waals surface area contributed by atoms with Crippen molar-refractivity contribution in [3.05, 3.63) is 51.0 Å². The number of hydrogen-bond donors (Lipinski definition) is 0. The third-order valence-corrected chi connectivity index (χ3v) is 7.39. The molecule has 0 saturated carbocycles. The van der Waals surface area contributed by atoms with Crippen molar-refractivity contribution in [1.82, 2.24) is 4.98 Å². The van der Waals surface area contributed by atoms with E-state index in [9.17, 15) is 4.79 Å². The first-order valence-corrected chi connectivity index (χ1v) is 11.5. The molecule has 30 heavy (non-hydrogen) atoms. The number of benzene rings is 1. The van der Waals surface area contributed by atoms with Crippen LogP contribution in [-0.2, 0) is 27.1 Å². The number of carbonyl (C=O) groups excluding carboxylic acids is 1. The Hall–Kier alpha value is -2.24. The lowest BCUT2D eigenvalue weighted by molar-refractivity contribution is -0.160. The van der Waals surface area contributed by atoms with E-state index in [2.05, 4.69) is 32.0 Å². The van der Waals surface area contributed by atoms with Crippen molar-refractivity contribution in [3.63, 3.8) is 0 Å². The molecule has 1 fully saturated rings. The highest BCUT2D eigenvalue weighted by Gasteiger charge is 2.44. The summed E-state index contributed by atoms with van der Waals surface area (Å²) in [6.45, 7) is 9.81. The summed E-state index contributed by atoms with van der Waals surface area (Å²) in [5.74, 6) is -1.27. The monoisotopic (exact) mass is 421 g/mol. The van der Waals surface area contributed by atoms with Crippen molar-refractivity contribution in [1.29, 1.82) is 0 Å². The molecule has 5 heteroatoms. The van der Waals surface area contributed by atoms with Gasteiger partial charge in [0, 0.05) is 40.9 Å². The maximum atomic E-state index is 12.9. The summed E-state index contributed by atoms with van der Waals surface area (Å²) < 4.78 is 11.6. The van der Waals surface area contributed by atoms with Gasteiger partial charge in [0.15, 0.2) is 6.10 Å². The standard InChI is InChI=1S/C25H27NO3S/c1-13-10-11-16(14(2)12-13)20-19(22-24(27)29-25(4,5)28-22)15(3)26-23-21(20)17-8-6-7-9-18(17)30-23/h10-12,22H,6-9H2,1-5H3. The number of cyclic esters (lactones) is 1. The van der Waals surface area contributed by atoms with E-state index in [0.717, 1.165) is 40.1 Å². The molecule has 0 bridgehead atoms. The van der Waals surface area contributed by atoms with Crippen molar-refractivity contribution < 1.29 is 14.3 Å². The average molecular weight is 422 g/mol. The predicted molar refractivity (Wildman–Crippen MR) is 120 cm³/mol. The minimum atomic E-state index is -0.934. The van der Waals surface area contributed by atoms with Crippen LogP contribution in [0.3, 0.4) is 0 Å². The fourth-order valence-electron chi connectivity index (χ4n) is 4.94. The van der Waals surface area contributed by atoms with Crippen LogP contribution < -0.4 is 0 Å². The quantitative estimate of drug-likeness (QED) is 0.468. The van der Waals surface area contributed by atoms with Gasteiger partial charge in [-0.1, -0.05) is 23.8 Å². The summed E-state index contributed by atoms with van der Waals surface area (Å²) >= 11 is 1.82. The molecule has 1 aliphatic heterocycles. The number of nitrogens with zero attached hydrogens (tertiary/aromatic N) is 1. The summed E-state index contributed by atoms with van der Waals surface area (Å²) in [5.41, 5.74) is 7.80. The molecule has 156 valence electrons. The van der Waals surface area contributed by atoms with Gasteiger partial charge in [-0.15, -0.1) is 11.3 Å². The SMILES string of the molecule is Cc1ccc(-c2c(C3OC(C)(C)OC3=O)c(C)nc3sc4c(c23)CCCC4)c(C)c1. The number of hydrogen-bond acceptors (Lipinski definition) is 5. The topological polar surface area (TPSA) is 48.4 Å². The average Bonchev–Trinajstić information content (AvgIpc) is 3.16. The Morgan fingerprint density at radius 3 is 2.60 bits per heavy atom. The third kappa shape index (κ3) is 3.07.